The van der Waals surface area contributed by atoms with E-state index in [4.69, 9.17) is 0 Å². The molecule has 76 heavy (non-hydrogen) atoms. The van der Waals surface area contributed by atoms with Gasteiger partial charge in [0.15, 0.2) is 0 Å². The number of benzene rings is 8. The summed E-state index contributed by atoms with van der Waals surface area (Å²) in [5, 5.41) is 0. The van der Waals surface area contributed by atoms with Crippen LogP contribution in [-0.4, -0.2) is 12.3 Å². The van der Waals surface area contributed by atoms with E-state index in [0.29, 0.717) is 0 Å². The minimum Gasteiger partial charge on any atom is -0.334 e. The van der Waals surface area contributed by atoms with E-state index in [-0.39, 0.29) is 33.9 Å². The van der Waals surface area contributed by atoms with Gasteiger partial charge in [-0.15, -0.1) is 0 Å². The monoisotopic (exact) mass is 994 g/mol. The molecule has 2 atom stereocenters. The van der Waals surface area contributed by atoms with Gasteiger partial charge in [0.05, 0.1) is 16.9 Å². The number of nitrogens with zero attached hydrogens (tertiary/aromatic N) is 3. The first kappa shape index (κ1) is 48.8. The van der Waals surface area contributed by atoms with Crippen LogP contribution in [0.25, 0.3) is 22.3 Å². The topological polar surface area (TPSA) is 9.72 Å². The van der Waals surface area contributed by atoms with Crippen molar-refractivity contribution in [2.75, 3.05) is 14.7 Å². The summed E-state index contributed by atoms with van der Waals surface area (Å²) in [6, 6.07) is 60.0. The Bertz CT molecular complexity index is 3680. The maximum Gasteiger partial charge on any atom is 0.252 e. The highest BCUT2D eigenvalue weighted by atomic mass is 15.3. The molecule has 0 N–H and O–H groups in total. The van der Waals surface area contributed by atoms with Gasteiger partial charge in [0.25, 0.3) is 6.71 Å². The Labute approximate surface area is 455 Å². The average molecular weight is 994 g/mol. The summed E-state index contributed by atoms with van der Waals surface area (Å²) < 4.78 is 0. The predicted octanol–water partition coefficient (Wildman–Crippen LogP) is 17.5. The third-order valence-electron chi connectivity index (χ3n) is 19.0. The summed E-state index contributed by atoms with van der Waals surface area (Å²) in [5.41, 5.74) is 30.6. The summed E-state index contributed by atoms with van der Waals surface area (Å²) in [6.45, 7) is 31.1. The maximum atomic E-state index is 2.84. The summed E-state index contributed by atoms with van der Waals surface area (Å²) in [7, 11) is 0. The standard InChI is InChI=1S/C72H76BN3/c1-45-34-47(3)67-57(35-45)71(12)32-20-21-33-72(71,13)76(67)54-28-31-62-59(42-54)73-58-38-50-43-70(10,11)44-51(50)39-63(58)75(61-30-27-53(69(7,8)9)41-56(61)49-24-18-15-19-25-49)65-37-46(2)36-64(66(65)73)74(62)60-29-26-52(68(4,5)6)40-55(60)48-22-16-14-17-23-48/h14-19,22-31,34-42H,20-21,32-33,43-44H2,1-13H3. The molecule has 4 heteroatoms. The van der Waals surface area contributed by atoms with E-state index in [1.807, 2.05) is 0 Å². The minimum absolute atomic E-state index is 0.0214. The van der Waals surface area contributed by atoms with E-state index in [9.17, 15) is 0 Å². The van der Waals surface area contributed by atoms with Crippen LogP contribution >= 0.6 is 0 Å². The van der Waals surface area contributed by atoms with Gasteiger partial charge in [0.2, 0.25) is 0 Å². The molecule has 2 aliphatic carbocycles. The molecule has 5 aliphatic rings. The Kier molecular flexibility index (Phi) is 10.8. The van der Waals surface area contributed by atoms with Crippen LogP contribution in [0.3, 0.4) is 0 Å². The lowest BCUT2D eigenvalue weighted by Crippen LogP contribution is -2.62. The normalized spacial score (nSPS) is 20.0. The zero-order valence-corrected chi connectivity index (χ0v) is 47.6. The van der Waals surface area contributed by atoms with E-state index in [1.165, 1.54) is 148 Å². The molecule has 3 heterocycles. The molecule has 0 aromatic heterocycles. The zero-order chi connectivity index (χ0) is 53.0. The largest absolute Gasteiger partial charge is 0.334 e. The van der Waals surface area contributed by atoms with E-state index < -0.39 is 0 Å². The van der Waals surface area contributed by atoms with Gasteiger partial charge in [-0.25, -0.2) is 0 Å². The highest BCUT2D eigenvalue weighted by molar-refractivity contribution is 7.00. The first-order chi connectivity index (χ1) is 36.1. The van der Waals surface area contributed by atoms with E-state index in [0.717, 1.165) is 19.3 Å². The van der Waals surface area contributed by atoms with Crippen molar-refractivity contribution < 1.29 is 0 Å². The highest BCUT2D eigenvalue weighted by Crippen LogP contribution is 2.62. The average Bonchev–Trinajstić information content (AvgIpc) is 3.80. The molecule has 3 nitrogen and oxygen atoms in total. The smallest absolute Gasteiger partial charge is 0.252 e. The first-order valence-electron chi connectivity index (χ1n) is 28.5. The number of fused-ring (bicyclic) bond motifs is 8. The Morgan fingerprint density at radius 3 is 1.57 bits per heavy atom. The Hall–Kier alpha value is -6.78. The van der Waals surface area contributed by atoms with E-state index >= 15 is 0 Å². The molecular formula is C72H76BN3. The molecule has 8 aromatic carbocycles. The van der Waals surface area contributed by atoms with Crippen LogP contribution in [0.5, 0.6) is 0 Å². The molecular weight excluding hydrogens is 918 g/mol. The van der Waals surface area contributed by atoms with Gasteiger partial charge in [-0.1, -0.05) is 172 Å². The van der Waals surface area contributed by atoms with Crippen molar-refractivity contribution in [3.05, 3.63) is 196 Å². The van der Waals surface area contributed by atoms with Gasteiger partial charge in [0, 0.05) is 50.7 Å². The molecule has 0 radical (unpaired) electrons. The van der Waals surface area contributed by atoms with Gasteiger partial charge < -0.3 is 14.7 Å². The second kappa shape index (κ2) is 16.9. The Balaban J connectivity index is 1.15. The molecule has 1 saturated carbocycles. The second-order valence-corrected chi connectivity index (χ2v) is 27.1. The highest BCUT2D eigenvalue weighted by Gasteiger charge is 2.58. The lowest BCUT2D eigenvalue weighted by atomic mass is 9.33. The third-order valence-corrected chi connectivity index (χ3v) is 19.0. The molecule has 382 valence electrons. The maximum absolute atomic E-state index is 2.84. The van der Waals surface area contributed by atoms with E-state index in [2.05, 4.69) is 256 Å². The van der Waals surface area contributed by atoms with Gasteiger partial charge in [-0.2, -0.15) is 0 Å². The zero-order valence-electron chi connectivity index (χ0n) is 47.6. The summed E-state index contributed by atoms with van der Waals surface area (Å²) in [4.78, 5) is 8.21. The number of rotatable bonds is 5. The van der Waals surface area contributed by atoms with Crippen molar-refractivity contribution in [1.82, 2.24) is 0 Å². The predicted molar refractivity (Wildman–Crippen MR) is 327 cm³/mol. The van der Waals surface area contributed by atoms with Crippen molar-refractivity contribution in [2.24, 2.45) is 5.41 Å². The molecule has 8 aromatic rings. The fourth-order valence-corrected chi connectivity index (χ4v) is 15.0. The van der Waals surface area contributed by atoms with Crippen molar-refractivity contribution in [2.45, 2.75) is 150 Å². The molecule has 0 amide bonds. The van der Waals surface area contributed by atoms with Crippen LogP contribution in [-0.2, 0) is 29.1 Å². The molecule has 0 saturated heterocycles. The quantitative estimate of drug-likeness (QED) is 0.159. The van der Waals surface area contributed by atoms with E-state index in [1.54, 1.807) is 0 Å². The molecule has 0 spiro atoms. The van der Waals surface area contributed by atoms with Crippen molar-refractivity contribution >= 4 is 68.6 Å². The first-order valence-corrected chi connectivity index (χ1v) is 28.5. The van der Waals surface area contributed by atoms with Crippen LogP contribution in [0.15, 0.2) is 152 Å². The molecule has 3 aliphatic heterocycles. The fraction of sp³-hybridized carbons (Fsp3) is 0.333. The molecule has 0 bridgehead atoms. The van der Waals surface area contributed by atoms with Crippen molar-refractivity contribution in [3.8, 4) is 22.3 Å². The number of anilines is 8. The van der Waals surface area contributed by atoms with Crippen LogP contribution in [0.2, 0.25) is 0 Å². The van der Waals surface area contributed by atoms with Crippen LogP contribution < -0.4 is 31.1 Å². The molecule has 13 rings (SSSR count). The summed E-state index contributed by atoms with van der Waals surface area (Å²) in [5.74, 6) is 0. The van der Waals surface area contributed by atoms with Crippen molar-refractivity contribution in [3.63, 3.8) is 0 Å². The SMILES string of the molecule is Cc1cc2c3c(c1)N(c1ccc(C(C)(C)C)cc1-c1ccccc1)c1cc4c(cc1B3c1cc(N3c5c(C)cc(C)cc5C5(C)CCCCC35C)ccc1N2c1ccc(C(C)(C)C)cc1-c1ccccc1)CC(C)(C)C4. The number of hydrogen-bond donors (Lipinski definition) is 0. The van der Waals surface area contributed by atoms with Gasteiger partial charge >= 0.3 is 0 Å². The Morgan fingerprint density at radius 2 is 0.987 bits per heavy atom. The molecule has 1 fully saturated rings. The van der Waals surface area contributed by atoms with Crippen molar-refractivity contribution in [1.29, 1.82) is 0 Å². The fourth-order valence-electron chi connectivity index (χ4n) is 15.0. The van der Waals surface area contributed by atoms with Gasteiger partial charge in [-0.3, -0.25) is 0 Å². The van der Waals surface area contributed by atoms with Crippen LogP contribution in [0, 0.1) is 26.2 Å². The lowest BCUT2D eigenvalue weighted by molar-refractivity contribution is 0.195. The lowest BCUT2D eigenvalue weighted by Gasteiger charge is -2.51. The van der Waals surface area contributed by atoms with Gasteiger partial charge in [-0.05, 0) is 197 Å². The van der Waals surface area contributed by atoms with Gasteiger partial charge in [0.1, 0.15) is 0 Å². The molecule has 2 unspecified atom stereocenters. The number of aryl methyl sites for hydroxylation is 3. The second-order valence-electron chi connectivity index (χ2n) is 27.1. The van der Waals surface area contributed by atoms with Crippen LogP contribution in [0.4, 0.5) is 45.5 Å². The minimum atomic E-state index is -0.0844. The van der Waals surface area contributed by atoms with Crippen LogP contribution in [0.1, 0.15) is 139 Å². The number of hydrogen-bond acceptors (Lipinski definition) is 3. The third kappa shape index (κ3) is 7.35. The summed E-state index contributed by atoms with van der Waals surface area (Å²) in [6.07, 6.45) is 7.01. The Morgan fingerprint density at radius 1 is 0.474 bits per heavy atom. The summed E-state index contributed by atoms with van der Waals surface area (Å²) >= 11 is 0.